The van der Waals surface area contributed by atoms with Crippen molar-refractivity contribution in [3.8, 4) is 17.1 Å². The molecule has 3 aromatic rings. The van der Waals surface area contributed by atoms with E-state index in [0.29, 0.717) is 29.2 Å². The molecule has 0 bridgehead atoms. The Hall–Kier alpha value is -2.54. The summed E-state index contributed by atoms with van der Waals surface area (Å²) in [6, 6.07) is 20.5. The number of rotatable bonds is 10. The Morgan fingerprint density at radius 3 is 2.57 bits per heavy atom. The van der Waals surface area contributed by atoms with E-state index in [1.165, 1.54) is 0 Å². The average Bonchev–Trinajstić information content (AvgIpc) is 3.21. The Kier molecular flexibility index (Phi) is 9.67. The summed E-state index contributed by atoms with van der Waals surface area (Å²) >= 11 is 0. The van der Waals surface area contributed by atoms with Crippen molar-refractivity contribution in [2.45, 2.75) is 19.8 Å². The maximum absolute atomic E-state index is 10.7. The van der Waals surface area contributed by atoms with Crippen LogP contribution in [0.25, 0.3) is 11.3 Å². The first-order chi connectivity index (χ1) is 14.2. The van der Waals surface area contributed by atoms with E-state index in [-0.39, 0.29) is 49.2 Å². The Balaban J connectivity index is 0.00000320. The van der Waals surface area contributed by atoms with Crippen LogP contribution in [0.1, 0.15) is 24.7 Å². The molecule has 1 aromatic heterocycles. The van der Waals surface area contributed by atoms with E-state index in [1.807, 2.05) is 49.4 Å². The fraction of sp³-hybridized carbons (Fsp3) is 0.217. The van der Waals surface area contributed by atoms with Crippen LogP contribution in [0.2, 0.25) is 0 Å². The van der Waals surface area contributed by atoms with Gasteiger partial charge in [0.25, 0.3) is 0 Å². The van der Waals surface area contributed by atoms with Crippen molar-refractivity contribution in [1.29, 1.82) is 0 Å². The van der Waals surface area contributed by atoms with Crippen molar-refractivity contribution in [3.63, 3.8) is 0 Å². The maximum Gasteiger partial charge on any atom is 1.00 e. The third-order valence-electron chi connectivity index (χ3n) is 4.15. The minimum Gasteiger partial charge on any atom is -0.550 e. The molecule has 0 unspecified atom stereocenters. The van der Waals surface area contributed by atoms with Crippen molar-refractivity contribution in [1.82, 2.24) is 0 Å². The van der Waals surface area contributed by atoms with Crippen molar-refractivity contribution in [2.24, 2.45) is 5.16 Å². The van der Waals surface area contributed by atoms with E-state index in [4.69, 9.17) is 14.0 Å². The number of hydrogen-bond acceptors (Lipinski definition) is 6. The van der Waals surface area contributed by atoms with Gasteiger partial charge in [-0.25, -0.2) is 0 Å². The number of carboxylic acid groups (broad SMARTS) is 1. The molecule has 0 fully saturated rings. The van der Waals surface area contributed by atoms with E-state index in [1.54, 1.807) is 24.3 Å². The minimum absolute atomic E-state index is 0. The zero-order valence-electron chi connectivity index (χ0n) is 17.2. The van der Waals surface area contributed by atoms with Crippen LogP contribution in [-0.4, -0.2) is 24.9 Å². The molecule has 7 heteroatoms. The van der Waals surface area contributed by atoms with Gasteiger partial charge in [0.15, 0.2) is 12.4 Å². The molecule has 0 aliphatic rings. The van der Waals surface area contributed by atoms with Gasteiger partial charge < -0.3 is 23.9 Å². The van der Waals surface area contributed by atoms with E-state index >= 15 is 0 Å². The first kappa shape index (κ1) is 23.7. The molecule has 0 saturated carbocycles. The zero-order valence-corrected chi connectivity index (χ0v) is 19.2. The predicted molar refractivity (Wildman–Crippen MR) is 108 cm³/mol. The fourth-order valence-corrected chi connectivity index (χ4v) is 2.77. The van der Waals surface area contributed by atoms with Gasteiger partial charge in [-0.1, -0.05) is 54.5 Å². The second kappa shape index (κ2) is 12.2. The van der Waals surface area contributed by atoms with Gasteiger partial charge in [-0.05, 0) is 36.2 Å². The molecule has 3 rings (SSSR count). The second-order valence-electron chi connectivity index (χ2n) is 6.30. The maximum atomic E-state index is 10.7. The SMILES string of the molecule is CC/C(=N\OCCOc1cccc(CC(=O)[O-])c1)c1ccc(-c2ccccc2)o1.[Na+]. The van der Waals surface area contributed by atoms with Gasteiger partial charge in [-0.15, -0.1) is 0 Å². The standard InChI is InChI=1S/C23H23NO5.Na/c1-2-20(22-12-11-21(29-22)18-8-4-3-5-9-18)24-28-14-13-27-19-10-6-7-17(15-19)16-23(25)26;/h3-12,15H,2,13-14,16H2,1H3,(H,25,26);/q;+1/p-1/b24-20+;. The van der Waals surface area contributed by atoms with Gasteiger partial charge in [0.05, 0.1) is 0 Å². The van der Waals surface area contributed by atoms with Gasteiger partial charge in [0, 0.05) is 18.0 Å². The number of benzene rings is 2. The van der Waals surface area contributed by atoms with Crippen LogP contribution in [0.5, 0.6) is 5.75 Å². The molecule has 0 atom stereocenters. The molecule has 0 radical (unpaired) electrons. The fourth-order valence-electron chi connectivity index (χ4n) is 2.77. The molecular weight excluding hydrogens is 393 g/mol. The molecule has 1 heterocycles. The van der Waals surface area contributed by atoms with Crippen molar-refractivity contribution in [2.75, 3.05) is 13.2 Å². The summed E-state index contributed by atoms with van der Waals surface area (Å²) in [6.45, 7) is 2.51. The predicted octanol–water partition coefficient (Wildman–Crippen LogP) is 0.453. The van der Waals surface area contributed by atoms with Crippen molar-refractivity contribution < 1.29 is 53.4 Å². The molecule has 0 aliphatic heterocycles. The summed E-state index contributed by atoms with van der Waals surface area (Å²) in [7, 11) is 0. The molecule has 0 N–H and O–H groups in total. The summed E-state index contributed by atoms with van der Waals surface area (Å²) in [5.41, 5.74) is 2.34. The second-order valence-corrected chi connectivity index (χ2v) is 6.30. The first-order valence-corrected chi connectivity index (χ1v) is 9.41. The summed E-state index contributed by atoms with van der Waals surface area (Å²) in [5.74, 6) is 0.898. The number of ether oxygens (including phenoxy) is 1. The van der Waals surface area contributed by atoms with Crippen molar-refractivity contribution >= 4 is 11.7 Å². The monoisotopic (exact) mass is 415 g/mol. The Labute approximate surface area is 197 Å². The van der Waals surface area contributed by atoms with Gasteiger partial charge in [0.1, 0.15) is 23.8 Å². The van der Waals surface area contributed by atoms with Crippen LogP contribution in [0.3, 0.4) is 0 Å². The molecule has 6 nitrogen and oxygen atoms in total. The number of hydrogen-bond donors (Lipinski definition) is 0. The molecule has 0 aliphatic carbocycles. The van der Waals surface area contributed by atoms with E-state index in [0.717, 1.165) is 11.3 Å². The molecule has 30 heavy (non-hydrogen) atoms. The van der Waals surface area contributed by atoms with E-state index in [9.17, 15) is 9.90 Å². The van der Waals surface area contributed by atoms with Crippen LogP contribution >= 0.6 is 0 Å². The minimum atomic E-state index is -1.12. The topological polar surface area (TPSA) is 84.1 Å². The number of carbonyl (C=O) groups excluding carboxylic acids is 1. The molecule has 0 spiro atoms. The quantitative estimate of drug-likeness (QED) is 0.208. The smallest absolute Gasteiger partial charge is 0.550 e. The van der Waals surface area contributed by atoms with E-state index < -0.39 is 5.97 Å². The van der Waals surface area contributed by atoms with Crippen molar-refractivity contribution in [3.05, 3.63) is 78.1 Å². The molecule has 150 valence electrons. The normalized spacial score (nSPS) is 10.9. The van der Waals surface area contributed by atoms with Crippen LogP contribution < -0.4 is 39.4 Å². The van der Waals surface area contributed by atoms with Crippen LogP contribution in [0.15, 0.2) is 76.3 Å². The van der Waals surface area contributed by atoms with Gasteiger partial charge >= 0.3 is 29.6 Å². The zero-order chi connectivity index (χ0) is 20.5. The molecular formula is C23H22NNaO5. The van der Waals surface area contributed by atoms with Crippen LogP contribution in [0.4, 0.5) is 0 Å². The Morgan fingerprint density at radius 2 is 1.83 bits per heavy atom. The Bertz CT molecular complexity index is 968. The summed E-state index contributed by atoms with van der Waals surface area (Å²) in [6.07, 6.45) is 0.514. The number of nitrogens with zero attached hydrogens (tertiary/aromatic N) is 1. The van der Waals surface area contributed by atoms with Gasteiger partial charge in [0.2, 0.25) is 0 Å². The third-order valence-corrected chi connectivity index (χ3v) is 4.15. The number of oxime groups is 1. The number of aliphatic carboxylic acids is 1. The number of furan rings is 1. The van der Waals surface area contributed by atoms with E-state index in [2.05, 4.69) is 5.16 Å². The van der Waals surface area contributed by atoms with Gasteiger partial charge in [-0.3, -0.25) is 0 Å². The average molecular weight is 415 g/mol. The summed E-state index contributed by atoms with van der Waals surface area (Å²) < 4.78 is 11.5. The third kappa shape index (κ3) is 7.06. The summed E-state index contributed by atoms with van der Waals surface area (Å²) in [5, 5.41) is 14.8. The first-order valence-electron chi connectivity index (χ1n) is 9.41. The molecule has 2 aromatic carbocycles. The molecule has 0 amide bonds. The Morgan fingerprint density at radius 1 is 1.03 bits per heavy atom. The summed E-state index contributed by atoms with van der Waals surface area (Å²) in [4.78, 5) is 16.0. The van der Waals surface area contributed by atoms with Crippen LogP contribution in [-0.2, 0) is 16.1 Å². The van der Waals surface area contributed by atoms with Crippen LogP contribution in [0, 0.1) is 0 Å². The number of carbonyl (C=O) groups is 1. The van der Waals surface area contributed by atoms with Gasteiger partial charge in [-0.2, -0.15) is 0 Å². The molecule has 0 saturated heterocycles. The largest absolute Gasteiger partial charge is 1.00 e. The number of carboxylic acids is 1.